The Kier molecular flexibility index (Phi) is 4.81. The summed E-state index contributed by atoms with van der Waals surface area (Å²) in [7, 11) is 1.60. The molecule has 1 saturated carbocycles. The summed E-state index contributed by atoms with van der Waals surface area (Å²) in [5.74, 6) is 1.23. The van der Waals surface area contributed by atoms with E-state index in [4.69, 9.17) is 9.47 Å². The van der Waals surface area contributed by atoms with Gasteiger partial charge in [-0.15, -0.1) is 0 Å². The van der Waals surface area contributed by atoms with E-state index in [-0.39, 0.29) is 5.78 Å². The van der Waals surface area contributed by atoms with Crippen LogP contribution in [-0.2, 0) is 4.74 Å². The highest BCUT2D eigenvalue weighted by atomic mass is 16.5. The van der Waals surface area contributed by atoms with Crippen LogP contribution in [0.5, 0.6) is 5.75 Å². The monoisotopic (exact) mass is 276 g/mol. The summed E-state index contributed by atoms with van der Waals surface area (Å²) in [5.41, 5.74) is -0.0290. The van der Waals surface area contributed by atoms with Crippen molar-refractivity contribution < 1.29 is 14.3 Å². The molecule has 1 aliphatic carbocycles. The van der Waals surface area contributed by atoms with Crippen molar-refractivity contribution in [3.63, 3.8) is 0 Å². The SMILES string of the molecule is CCOC1(C(=O)c2ccccc2OC)CCCC(C)C1. The van der Waals surface area contributed by atoms with Crippen LogP contribution in [0, 0.1) is 5.92 Å². The minimum atomic E-state index is -0.666. The predicted molar refractivity (Wildman–Crippen MR) is 79.3 cm³/mol. The van der Waals surface area contributed by atoms with Gasteiger partial charge in [-0.2, -0.15) is 0 Å². The van der Waals surface area contributed by atoms with Gasteiger partial charge in [-0.25, -0.2) is 0 Å². The number of ketones is 1. The van der Waals surface area contributed by atoms with Crippen LogP contribution in [0.1, 0.15) is 49.9 Å². The lowest BCUT2D eigenvalue weighted by atomic mass is 9.74. The van der Waals surface area contributed by atoms with Crippen LogP contribution in [0.2, 0.25) is 0 Å². The highest BCUT2D eigenvalue weighted by Crippen LogP contribution is 2.39. The number of benzene rings is 1. The van der Waals surface area contributed by atoms with Crippen molar-refractivity contribution >= 4 is 5.78 Å². The second-order valence-electron chi connectivity index (χ2n) is 5.66. The summed E-state index contributed by atoms with van der Waals surface area (Å²) >= 11 is 0. The van der Waals surface area contributed by atoms with Crippen LogP contribution in [0.25, 0.3) is 0 Å². The van der Waals surface area contributed by atoms with E-state index in [2.05, 4.69) is 6.92 Å². The van der Waals surface area contributed by atoms with Crippen LogP contribution in [0.15, 0.2) is 24.3 Å². The molecule has 0 aliphatic heterocycles. The molecule has 1 aromatic carbocycles. The molecular weight excluding hydrogens is 252 g/mol. The molecule has 1 aliphatic rings. The van der Waals surface area contributed by atoms with Crippen molar-refractivity contribution in [2.24, 2.45) is 5.92 Å². The Balaban J connectivity index is 2.36. The number of methoxy groups -OCH3 is 1. The van der Waals surface area contributed by atoms with E-state index in [1.54, 1.807) is 7.11 Å². The minimum absolute atomic E-state index is 0.0725. The third kappa shape index (κ3) is 2.88. The van der Waals surface area contributed by atoms with Gasteiger partial charge in [0.2, 0.25) is 0 Å². The van der Waals surface area contributed by atoms with E-state index in [9.17, 15) is 4.79 Å². The van der Waals surface area contributed by atoms with E-state index >= 15 is 0 Å². The number of rotatable bonds is 5. The molecule has 0 heterocycles. The fourth-order valence-corrected chi connectivity index (χ4v) is 3.26. The molecule has 2 unspecified atom stereocenters. The normalized spacial score (nSPS) is 26.2. The second kappa shape index (κ2) is 6.40. The van der Waals surface area contributed by atoms with Gasteiger partial charge >= 0.3 is 0 Å². The summed E-state index contributed by atoms with van der Waals surface area (Å²) in [4.78, 5) is 13.0. The van der Waals surface area contributed by atoms with Crippen LogP contribution in [0.3, 0.4) is 0 Å². The smallest absolute Gasteiger partial charge is 0.198 e. The first-order valence-corrected chi connectivity index (χ1v) is 7.44. The number of Topliss-reactive ketones (excluding diaryl/α,β-unsaturated/α-hetero) is 1. The van der Waals surface area contributed by atoms with Gasteiger partial charge in [-0.05, 0) is 44.2 Å². The Bertz CT molecular complexity index is 465. The summed E-state index contributed by atoms with van der Waals surface area (Å²) < 4.78 is 11.3. The zero-order valence-corrected chi connectivity index (χ0v) is 12.6. The van der Waals surface area contributed by atoms with Crippen LogP contribution < -0.4 is 4.74 Å². The molecule has 0 radical (unpaired) electrons. The molecule has 0 N–H and O–H groups in total. The van der Waals surface area contributed by atoms with Crippen molar-refractivity contribution in [2.75, 3.05) is 13.7 Å². The zero-order valence-electron chi connectivity index (χ0n) is 12.6. The average molecular weight is 276 g/mol. The van der Waals surface area contributed by atoms with E-state index in [1.165, 1.54) is 6.42 Å². The number of para-hydroxylation sites is 1. The fourth-order valence-electron chi connectivity index (χ4n) is 3.26. The molecule has 1 aromatic rings. The van der Waals surface area contributed by atoms with Crippen molar-refractivity contribution in [3.8, 4) is 5.75 Å². The number of hydrogen-bond acceptors (Lipinski definition) is 3. The molecule has 0 amide bonds. The molecule has 0 aromatic heterocycles. The van der Waals surface area contributed by atoms with Crippen molar-refractivity contribution in [2.45, 2.75) is 45.1 Å². The first-order valence-electron chi connectivity index (χ1n) is 7.44. The number of carbonyl (C=O) groups is 1. The predicted octanol–water partition coefficient (Wildman–Crippen LogP) is 3.86. The molecule has 2 rings (SSSR count). The zero-order chi connectivity index (χ0) is 14.6. The summed E-state index contributed by atoms with van der Waals surface area (Å²) in [5, 5.41) is 0. The van der Waals surface area contributed by atoms with Crippen LogP contribution in [-0.4, -0.2) is 25.1 Å². The molecule has 1 fully saturated rings. The van der Waals surface area contributed by atoms with Crippen molar-refractivity contribution in [1.29, 1.82) is 0 Å². The standard InChI is InChI=1S/C17H24O3/c1-4-20-17(11-7-8-13(2)12-17)16(18)14-9-5-6-10-15(14)19-3/h5-6,9-10,13H,4,7-8,11-12H2,1-3H3. The Labute approximate surface area is 121 Å². The number of hydrogen-bond donors (Lipinski definition) is 0. The molecule has 3 heteroatoms. The third-order valence-corrected chi connectivity index (χ3v) is 4.14. The lowest BCUT2D eigenvalue weighted by Crippen LogP contribution is -2.45. The average Bonchev–Trinajstić information content (AvgIpc) is 2.46. The largest absolute Gasteiger partial charge is 0.496 e. The Morgan fingerprint density at radius 1 is 1.40 bits per heavy atom. The molecule has 0 spiro atoms. The fraction of sp³-hybridized carbons (Fsp3) is 0.588. The molecule has 0 saturated heterocycles. The Morgan fingerprint density at radius 2 is 2.15 bits per heavy atom. The summed E-state index contributed by atoms with van der Waals surface area (Å²) in [6.07, 6.45) is 3.83. The van der Waals surface area contributed by atoms with Gasteiger partial charge < -0.3 is 9.47 Å². The Morgan fingerprint density at radius 3 is 2.80 bits per heavy atom. The topological polar surface area (TPSA) is 35.5 Å². The van der Waals surface area contributed by atoms with Crippen LogP contribution in [0.4, 0.5) is 0 Å². The lowest BCUT2D eigenvalue weighted by molar-refractivity contribution is -0.0512. The molecule has 20 heavy (non-hydrogen) atoms. The molecule has 3 nitrogen and oxygen atoms in total. The quantitative estimate of drug-likeness (QED) is 0.766. The van der Waals surface area contributed by atoms with E-state index in [0.717, 1.165) is 19.3 Å². The first kappa shape index (κ1) is 15.0. The molecule has 0 bridgehead atoms. The van der Waals surface area contributed by atoms with E-state index in [1.807, 2.05) is 31.2 Å². The molecule has 110 valence electrons. The second-order valence-corrected chi connectivity index (χ2v) is 5.66. The lowest BCUT2D eigenvalue weighted by Gasteiger charge is -2.38. The number of ether oxygens (including phenoxy) is 2. The van der Waals surface area contributed by atoms with Crippen molar-refractivity contribution in [3.05, 3.63) is 29.8 Å². The minimum Gasteiger partial charge on any atom is -0.496 e. The maximum Gasteiger partial charge on any atom is 0.198 e. The first-order chi connectivity index (χ1) is 9.63. The molecule has 2 atom stereocenters. The van der Waals surface area contributed by atoms with Gasteiger partial charge in [0.05, 0.1) is 12.7 Å². The van der Waals surface area contributed by atoms with Gasteiger partial charge in [-0.1, -0.05) is 25.5 Å². The maximum absolute atomic E-state index is 13.0. The number of carbonyl (C=O) groups excluding carboxylic acids is 1. The van der Waals surface area contributed by atoms with Gasteiger partial charge in [0, 0.05) is 6.61 Å². The van der Waals surface area contributed by atoms with Gasteiger partial charge in [0.25, 0.3) is 0 Å². The van der Waals surface area contributed by atoms with E-state index < -0.39 is 5.60 Å². The summed E-state index contributed by atoms with van der Waals surface area (Å²) in [6, 6.07) is 7.43. The van der Waals surface area contributed by atoms with Gasteiger partial charge in [0.1, 0.15) is 11.4 Å². The van der Waals surface area contributed by atoms with E-state index in [0.29, 0.717) is 23.8 Å². The highest BCUT2D eigenvalue weighted by Gasteiger charge is 2.43. The summed E-state index contributed by atoms with van der Waals surface area (Å²) in [6.45, 7) is 4.71. The highest BCUT2D eigenvalue weighted by molar-refractivity contribution is 6.04. The Hall–Kier alpha value is -1.35. The third-order valence-electron chi connectivity index (χ3n) is 4.14. The van der Waals surface area contributed by atoms with Crippen molar-refractivity contribution in [1.82, 2.24) is 0 Å². The maximum atomic E-state index is 13.0. The molecular formula is C17H24O3. The van der Waals surface area contributed by atoms with Crippen LogP contribution >= 0.6 is 0 Å². The van der Waals surface area contributed by atoms with Gasteiger partial charge in [0.15, 0.2) is 5.78 Å². The van der Waals surface area contributed by atoms with Gasteiger partial charge in [-0.3, -0.25) is 4.79 Å².